The van der Waals surface area contributed by atoms with Gasteiger partial charge in [-0.15, -0.1) is 0 Å². The molecule has 2 aliphatic rings. The van der Waals surface area contributed by atoms with E-state index in [1.54, 1.807) is 6.92 Å². The molecule has 0 radical (unpaired) electrons. The largest absolute Gasteiger partial charge is 0.381 e. The fraction of sp³-hybridized carbons (Fsp3) is 0.550. The number of anilines is 1. The first kappa shape index (κ1) is 22.4. The summed E-state index contributed by atoms with van der Waals surface area (Å²) in [5.41, 5.74) is -0.0558. The standard InChI is InChI=1S/C20H24ClN3O5S2/c1-12-8-15(31(27,28)14-2-3-14)10-18(25)24(12)16(9-13-4-6-29-7-5-13)19(26)23-20-22-11-17(21)30-20/h8,10-11,13-14,16H,2-7,9H2,1H3,(H,22,23,26). The van der Waals surface area contributed by atoms with Gasteiger partial charge in [0.05, 0.1) is 16.3 Å². The lowest BCUT2D eigenvalue weighted by Crippen LogP contribution is -2.37. The van der Waals surface area contributed by atoms with Crippen LogP contribution in [-0.2, 0) is 19.4 Å². The summed E-state index contributed by atoms with van der Waals surface area (Å²) in [6, 6.07) is 1.85. The number of carbonyl (C=O) groups is 1. The molecular weight excluding hydrogens is 462 g/mol. The minimum Gasteiger partial charge on any atom is -0.381 e. The predicted octanol–water partition coefficient (Wildman–Crippen LogP) is 3.20. The summed E-state index contributed by atoms with van der Waals surface area (Å²) in [4.78, 5) is 30.4. The molecule has 31 heavy (non-hydrogen) atoms. The Hall–Kier alpha value is -1.75. The highest BCUT2D eigenvalue weighted by Gasteiger charge is 2.38. The van der Waals surface area contributed by atoms with Crippen LogP contribution >= 0.6 is 22.9 Å². The normalized spacial score (nSPS) is 18.6. The molecule has 2 aromatic rings. The summed E-state index contributed by atoms with van der Waals surface area (Å²) in [6.45, 7) is 2.90. The Morgan fingerprint density at radius 3 is 2.61 bits per heavy atom. The molecule has 4 rings (SSSR count). The Balaban J connectivity index is 1.68. The van der Waals surface area contributed by atoms with E-state index in [1.165, 1.54) is 16.8 Å². The van der Waals surface area contributed by atoms with E-state index in [0.717, 1.165) is 30.2 Å². The molecule has 8 nitrogen and oxygen atoms in total. The van der Waals surface area contributed by atoms with Crippen LogP contribution in [0.2, 0.25) is 4.34 Å². The number of sulfone groups is 1. The number of aryl methyl sites for hydroxylation is 1. The number of thiazole rings is 1. The summed E-state index contributed by atoms with van der Waals surface area (Å²) in [5, 5.41) is 2.70. The van der Waals surface area contributed by atoms with Crippen LogP contribution in [-0.4, -0.2) is 42.3 Å². The van der Waals surface area contributed by atoms with Gasteiger partial charge in [0.25, 0.3) is 5.56 Å². The Bertz CT molecular complexity index is 1130. The van der Waals surface area contributed by atoms with Gasteiger partial charge in [-0.2, -0.15) is 0 Å². The lowest BCUT2D eigenvalue weighted by Gasteiger charge is -2.28. The van der Waals surface area contributed by atoms with Gasteiger partial charge >= 0.3 is 0 Å². The van der Waals surface area contributed by atoms with Crippen LogP contribution in [0.5, 0.6) is 0 Å². The molecule has 1 atom stereocenters. The van der Waals surface area contributed by atoms with Gasteiger partial charge in [0, 0.05) is 25.0 Å². The number of aromatic nitrogens is 2. The van der Waals surface area contributed by atoms with Crippen LogP contribution < -0.4 is 10.9 Å². The van der Waals surface area contributed by atoms with Crippen LogP contribution in [0.3, 0.4) is 0 Å². The number of amides is 1. The van der Waals surface area contributed by atoms with E-state index in [9.17, 15) is 18.0 Å². The second kappa shape index (κ2) is 9.01. The molecule has 1 amide bonds. The summed E-state index contributed by atoms with van der Waals surface area (Å²) in [6.07, 6.45) is 4.74. The third-order valence-corrected chi connectivity index (χ3v) is 9.02. The van der Waals surface area contributed by atoms with Crippen molar-refractivity contribution in [3.8, 4) is 0 Å². The van der Waals surface area contributed by atoms with E-state index in [0.29, 0.717) is 47.6 Å². The second-order valence-electron chi connectivity index (χ2n) is 8.05. The first-order chi connectivity index (χ1) is 14.8. The maximum Gasteiger partial charge on any atom is 0.252 e. The SMILES string of the molecule is Cc1cc(S(=O)(=O)C2CC2)cc(=O)n1C(CC1CCOCC1)C(=O)Nc1ncc(Cl)s1. The molecule has 1 aliphatic heterocycles. The van der Waals surface area contributed by atoms with Gasteiger partial charge in [-0.25, -0.2) is 13.4 Å². The molecule has 2 aromatic heterocycles. The number of pyridine rings is 1. The fourth-order valence-electron chi connectivity index (χ4n) is 3.95. The maximum atomic E-state index is 13.2. The number of carbonyl (C=O) groups excluding carboxylic acids is 1. The Kier molecular flexibility index (Phi) is 6.52. The minimum absolute atomic E-state index is 0.0330. The quantitative estimate of drug-likeness (QED) is 0.645. The van der Waals surface area contributed by atoms with Crippen molar-refractivity contribution in [3.63, 3.8) is 0 Å². The third kappa shape index (κ3) is 5.02. The minimum atomic E-state index is -3.50. The number of nitrogens with zero attached hydrogens (tertiary/aromatic N) is 2. The van der Waals surface area contributed by atoms with Crippen LogP contribution in [0, 0.1) is 12.8 Å². The molecule has 1 saturated heterocycles. The van der Waals surface area contributed by atoms with Gasteiger partial charge in [0.15, 0.2) is 15.0 Å². The van der Waals surface area contributed by atoms with Gasteiger partial charge in [-0.3, -0.25) is 9.59 Å². The molecule has 168 valence electrons. The smallest absolute Gasteiger partial charge is 0.252 e. The van der Waals surface area contributed by atoms with Gasteiger partial charge < -0.3 is 14.6 Å². The van der Waals surface area contributed by atoms with E-state index in [4.69, 9.17) is 16.3 Å². The number of nitrogens with one attached hydrogen (secondary N) is 1. The predicted molar refractivity (Wildman–Crippen MR) is 119 cm³/mol. The van der Waals surface area contributed by atoms with Crippen molar-refractivity contribution in [1.82, 2.24) is 9.55 Å². The van der Waals surface area contributed by atoms with Crippen molar-refractivity contribution in [2.75, 3.05) is 18.5 Å². The van der Waals surface area contributed by atoms with E-state index >= 15 is 0 Å². The lowest BCUT2D eigenvalue weighted by molar-refractivity contribution is -0.120. The number of rotatable bonds is 7. The van der Waals surface area contributed by atoms with Crippen LogP contribution in [0.15, 0.2) is 28.0 Å². The zero-order valence-electron chi connectivity index (χ0n) is 17.0. The lowest BCUT2D eigenvalue weighted by atomic mass is 9.91. The van der Waals surface area contributed by atoms with Crippen molar-refractivity contribution in [2.45, 2.75) is 55.2 Å². The second-order valence-corrected chi connectivity index (χ2v) is 11.9. The monoisotopic (exact) mass is 485 g/mol. The molecule has 11 heteroatoms. The Morgan fingerprint density at radius 1 is 1.32 bits per heavy atom. The summed E-state index contributed by atoms with van der Waals surface area (Å²) < 4.78 is 32.5. The van der Waals surface area contributed by atoms with Gasteiger partial charge in [-0.05, 0) is 51.0 Å². The highest BCUT2D eigenvalue weighted by molar-refractivity contribution is 7.92. The van der Waals surface area contributed by atoms with Crippen molar-refractivity contribution < 1.29 is 17.9 Å². The van der Waals surface area contributed by atoms with E-state index < -0.39 is 26.7 Å². The summed E-state index contributed by atoms with van der Waals surface area (Å²) >= 11 is 7.05. The number of ether oxygens (including phenoxy) is 1. The summed E-state index contributed by atoms with van der Waals surface area (Å²) in [5.74, 6) is -0.161. The van der Waals surface area contributed by atoms with Crippen molar-refractivity contribution in [3.05, 3.63) is 38.7 Å². The average molecular weight is 486 g/mol. The zero-order valence-corrected chi connectivity index (χ0v) is 19.4. The highest BCUT2D eigenvalue weighted by Crippen LogP contribution is 2.34. The average Bonchev–Trinajstić information content (AvgIpc) is 3.51. The first-order valence-electron chi connectivity index (χ1n) is 10.2. The first-order valence-corrected chi connectivity index (χ1v) is 13.0. The molecular formula is C20H24ClN3O5S2. The molecule has 1 aliphatic carbocycles. The van der Waals surface area contributed by atoms with E-state index in [2.05, 4.69) is 10.3 Å². The van der Waals surface area contributed by atoms with E-state index in [1.807, 2.05) is 0 Å². The Morgan fingerprint density at radius 2 is 2.03 bits per heavy atom. The maximum absolute atomic E-state index is 13.2. The van der Waals surface area contributed by atoms with Gasteiger partial charge in [0.2, 0.25) is 5.91 Å². The topological polar surface area (TPSA) is 107 Å². The number of halogens is 1. The molecule has 0 bridgehead atoms. The highest BCUT2D eigenvalue weighted by atomic mass is 35.5. The molecule has 0 spiro atoms. The fourth-order valence-corrected chi connectivity index (χ4v) is 6.50. The molecule has 1 unspecified atom stereocenters. The molecule has 2 fully saturated rings. The molecule has 1 N–H and O–H groups in total. The van der Waals surface area contributed by atoms with Gasteiger partial charge in [-0.1, -0.05) is 22.9 Å². The van der Waals surface area contributed by atoms with Crippen molar-refractivity contribution in [1.29, 1.82) is 0 Å². The van der Waals surface area contributed by atoms with Gasteiger partial charge in [0.1, 0.15) is 10.4 Å². The van der Waals surface area contributed by atoms with Crippen LogP contribution in [0.1, 0.15) is 43.8 Å². The van der Waals surface area contributed by atoms with Crippen molar-refractivity contribution in [2.24, 2.45) is 5.92 Å². The summed E-state index contributed by atoms with van der Waals surface area (Å²) in [7, 11) is -3.50. The molecule has 1 saturated carbocycles. The van der Waals surface area contributed by atoms with Crippen LogP contribution in [0.4, 0.5) is 5.13 Å². The van der Waals surface area contributed by atoms with E-state index in [-0.39, 0.29) is 16.7 Å². The zero-order chi connectivity index (χ0) is 22.2. The van der Waals surface area contributed by atoms with Crippen molar-refractivity contribution >= 4 is 43.8 Å². The Labute approximate surface area is 189 Å². The number of hydrogen-bond acceptors (Lipinski definition) is 7. The molecule has 0 aromatic carbocycles. The molecule has 3 heterocycles. The number of hydrogen-bond donors (Lipinski definition) is 1. The third-order valence-electron chi connectivity index (χ3n) is 5.75. The van der Waals surface area contributed by atoms with Crippen LogP contribution in [0.25, 0.3) is 0 Å².